The van der Waals surface area contributed by atoms with Gasteiger partial charge >= 0.3 is 0 Å². The third kappa shape index (κ3) is 1.73. The molecule has 0 fully saturated rings. The number of hydrogen-bond donors (Lipinski definition) is 2. The van der Waals surface area contributed by atoms with Gasteiger partial charge in [0.1, 0.15) is 5.75 Å². The van der Waals surface area contributed by atoms with E-state index in [4.69, 9.17) is 9.84 Å². The molecule has 0 heterocycles. The Balaban J connectivity index is 3.22. The van der Waals surface area contributed by atoms with Crippen LogP contribution in [0.2, 0.25) is 0 Å². The van der Waals surface area contributed by atoms with Crippen LogP contribution in [0.5, 0.6) is 5.75 Å². The topological polar surface area (TPSA) is 29.5 Å². The fourth-order valence-electron chi connectivity index (χ4n) is 1.09. The molecule has 66 valence electrons. The first-order valence-electron chi connectivity index (χ1n) is 3.66. The lowest BCUT2D eigenvalue weighted by Gasteiger charge is -2.08. The van der Waals surface area contributed by atoms with Gasteiger partial charge < -0.3 is 9.84 Å². The zero-order valence-electron chi connectivity index (χ0n) is 7.16. The van der Waals surface area contributed by atoms with Crippen LogP contribution in [0.1, 0.15) is 11.1 Å². The molecule has 0 unspecified atom stereocenters. The van der Waals surface area contributed by atoms with Crippen molar-refractivity contribution in [2.75, 3.05) is 7.11 Å². The van der Waals surface area contributed by atoms with Gasteiger partial charge in [-0.3, -0.25) is 0 Å². The van der Waals surface area contributed by atoms with Crippen molar-refractivity contribution in [3.8, 4) is 5.75 Å². The number of aliphatic hydroxyl groups excluding tert-OH is 1. The predicted octanol–water partition coefficient (Wildman–Crippen LogP) is 1.78. The molecule has 1 aromatic carbocycles. The molecule has 0 spiro atoms. The second-order valence-electron chi connectivity index (χ2n) is 2.63. The third-order valence-electron chi connectivity index (χ3n) is 1.69. The largest absolute Gasteiger partial charge is 0.496 e. The fourth-order valence-corrected chi connectivity index (χ4v) is 1.39. The van der Waals surface area contributed by atoms with Crippen LogP contribution in [0.15, 0.2) is 17.0 Å². The van der Waals surface area contributed by atoms with Crippen LogP contribution >= 0.6 is 12.6 Å². The molecule has 0 amide bonds. The van der Waals surface area contributed by atoms with Crippen molar-refractivity contribution in [1.29, 1.82) is 0 Å². The summed E-state index contributed by atoms with van der Waals surface area (Å²) in [6.45, 7) is 1.95. The minimum absolute atomic E-state index is 0.00310. The summed E-state index contributed by atoms with van der Waals surface area (Å²) in [6, 6.07) is 3.78. The highest BCUT2D eigenvalue weighted by molar-refractivity contribution is 7.80. The zero-order valence-corrected chi connectivity index (χ0v) is 8.06. The molecule has 0 aromatic heterocycles. The molecule has 1 N–H and O–H groups in total. The van der Waals surface area contributed by atoms with E-state index in [9.17, 15) is 0 Å². The number of benzene rings is 1. The van der Waals surface area contributed by atoms with Crippen molar-refractivity contribution in [1.82, 2.24) is 0 Å². The van der Waals surface area contributed by atoms with Crippen molar-refractivity contribution < 1.29 is 9.84 Å². The third-order valence-corrected chi connectivity index (χ3v) is 2.20. The van der Waals surface area contributed by atoms with Gasteiger partial charge in [-0.2, -0.15) is 0 Å². The quantitative estimate of drug-likeness (QED) is 0.686. The first-order chi connectivity index (χ1) is 5.69. The number of hydrogen-bond acceptors (Lipinski definition) is 3. The van der Waals surface area contributed by atoms with Gasteiger partial charge in [-0.15, -0.1) is 12.6 Å². The molecule has 0 aliphatic rings. The maximum Gasteiger partial charge on any atom is 0.132 e. The Morgan fingerprint density at radius 3 is 2.67 bits per heavy atom. The molecule has 2 nitrogen and oxygen atoms in total. The predicted molar refractivity (Wildman–Crippen MR) is 50.9 cm³/mol. The highest BCUT2D eigenvalue weighted by Gasteiger charge is 2.05. The van der Waals surface area contributed by atoms with Crippen molar-refractivity contribution in [3.63, 3.8) is 0 Å². The number of aryl methyl sites for hydroxylation is 1. The smallest absolute Gasteiger partial charge is 0.132 e. The Kier molecular flexibility index (Phi) is 3.00. The van der Waals surface area contributed by atoms with Crippen LogP contribution in [0.25, 0.3) is 0 Å². The van der Waals surface area contributed by atoms with E-state index >= 15 is 0 Å². The second kappa shape index (κ2) is 3.83. The summed E-state index contributed by atoms with van der Waals surface area (Å²) in [6.07, 6.45) is 0. The van der Waals surface area contributed by atoms with Gasteiger partial charge in [0, 0.05) is 0 Å². The Morgan fingerprint density at radius 2 is 2.17 bits per heavy atom. The van der Waals surface area contributed by atoms with E-state index in [2.05, 4.69) is 12.6 Å². The summed E-state index contributed by atoms with van der Waals surface area (Å²) in [4.78, 5) is 0.714. The van der Waals surface area contributed by atoms with Gasteiger partial charge in [-0.25, -0.2) is 0 Å². The lowest BCUT2D eigenvalue weighted by Crippen LogP contribution is -1.92. The standard InChI is InChI=1S/C9H12O2S/c1-6-3-7(5-10)9(12)8(4-6)11-2/h3-4,10,12H,5H2,1-2H3. The number of thiol groups is 1. The molecule has 0 bridgehead atoms. The summed E-state index contributed by atoms with van der Waals surface area (Å²) in [7, 11) is 1.59. The highest BCUT2D eigenvalue weighted by Crippen LogP contribution is 2.27. The molecule has 0 radical (unpaired) electrons. The Labute approximate surface area is 77.6 Å². The van der Waals surface area contributed by atoms with Gasteiger partial charge in [0.15, 0.2) is 0 Å². The van der Waals surface area contributed by atoms with Crippen LogP contribution in [0.4, 0.5) is 0 Å². The highest BCUT2D eigenvalue weighted by atomic mass is 32.1. The molecule has 1 aromatic rings. The minimum Gasteiger partial charge on any atom is -0.496 e. The number of rotatable bonds is 2. The summed E-state index contributed by atoms with van der Waals surface area (Å²) in [5.41, 5.74) is 1.86. The van der Waals surface area contributed by atoms with E-state index in [-0.39, 0.29) is 6.61 Å². The van der Waals surface area contributed by atoms with Crippen molar-refractivity contribution in [3.05, 3.63) is 23.3 Å². The molecule has 12 heavy (non-hydrogen) atoms. The van der Waals surface area contributed by atoms with E-state index < -0.39 is 0 Å². The molecular formula is C9H12O2S. The molecular weight excluding hydrogens is 172 g/mol. The fraction of sp³-hybridized carbons (Fsp3) is 0.333. The van der Waals surface area contributed by atoms with E-state index in [1.807, 2.05) is 19.1 Å². The molecule has 0 saturated heterocycles. The Bertz CT molecular complexity index is 259. The Morgan fingerprint density at radius 1 is 1.50 bits per heavy atom. The van der Waals surface area contributed by atoms with Crippen molar-refractivity contribution in [2.24, 2.45) is 0 Å². The maximum atomic E-state index is 8.96. The van der Waals surface area contributed by atoms with E-state index in [1.165, 1.54) is 0 Å². The van der Waals surface area contributed by atoms with E-state index in [0.29, 0.717) is 10.6 Å². The van der Waals surface area contributed by atoms with Crippen LogP contribution < -0.4 is 4.74 Å². The van der Waals surface area contributed by atoms with Crippen molar-refractivity contribution in [2.45, 2.75) is 18.4 Å². The van der Waals surface area contributed by atoms with Gasteiger partial charge in [0.05, 0.1) is 18.6 Å². The van der Waals surface area contributed by atoms with E-state index in [1.54, 1.807) is 7.11 Å². The summed E-state index contributed by atoms with van der Waals surface area (Å²) >= 11 is 4.23. The molecule has 3 heteroatoms. The maximum absolute atomic E-state index is 8.96. The Hall–Kier alpha value is -0.670. The molecule has 0 aliphatic carbocycles. The van der Waals surface area contributed by atoms with Gasteiger partial charge in [-0.05, 0) is 24.1 Å². The van der Waals surface area contributed by atoms with Gasteiger partial charge in [0.25, 0.3) is 0 Å². The molecule has 0 atom stereocenters. The lowest BCUT2D eigenvalue weighted by atomic mass is 10.1. The van der Waals surface area contributed by atoms with Gasteiger partial charge in [-0.1, -0.05) is 6.07 Å². The van der Waals surface area contributed by atoms with Gasteiger partial charge in [0.2, 0.25) is 0 Å². The van der Waals surface area contributed by atoms with Crippen molar-refractivity contribution >= 4 is 12.6 Å². The summed E-state index contributed by atoms with van der Waals surface area (Å²) in [5, 5.41) is 8.96. The number of methoxy groups -OCH3 is 1. The molecule has 1 rings (SSSR count). The van der Waals surface area contributed by atoms with Crippen LogP contribution in [0.3, 0.4) is 0 Å². The zero-order chi connectivity index (χ0) is 9.14. The average Bonchev–Trinajstić information content (AvgIpc) is 2.08. The lowest BCUT2D eigenvalue weighted by molar-refractivity contribution is 0.277. The minimum atomic E-state index is -0.00310. The molecule has 0 saturated carbocycles. The SMILES string of the molecule is COc1cc(C)cc(CO)c1S. The second-order valence-corrected chi connectivity index (χ2v) is 3.08. The summed E-state index contributed by atoms with van der Waals surface area (Å²) in [5.74, 6) is 0.711. The first kappa shape index (κ1) is 9.42. The van der Waals surface area contributed by atoms with E-state index in [0.717, 1.165) is 11.1 Å². The summed E-state index contributed by atoms with van der Waals surface area (Å²) < 4.78 is 5.08. The average molecular weight is 184 g/mol. The monoisotopic (exact) mass is 184 g/mol. The van der Waals surface area contributed by atoms with Crippen LogP contribution in [0, 0.1) is 6.92 Å². The number of ether oxygens (including phenoxy) is 1. The molecule has 0 aliphatic heterocycles. The number of aliphatic hydroxyl groups is 1. The van der Waals surface area contributed by atoms with Crippen LogP contribution in [-0.2, 0) is 6.61 Å². The first-order valence-corrected chi connectivity index (χ1v) is 4.11. The van der Waals surface area contributed by atoms with Crippen LogP contribution in [-0.4, -0.2) is 12.2 Å². The normalized spacial score (nSPS) is 10.0.